The Labute approximate surface area is 276 Å². The van der Waals surface area contributed by atoms with E-state index in [4.69, 9.17) is 0 Å². The molecule has 0 spiro atoms. The normalized spacial score (nSPS) is 10.2. The van der Waals surface area contributed by atoms with Gasteiger partial charge in [0.15, 0.2) is 17.4 Å². The second kappa shape index (κ2) is 45.1. The Balaban J connectivity index is -0.000000112. The zero-order chi connectivity index (χ0) is 23.8. The zero-order valence-electron chi connectivity index (χ0n) is 23.8. The van der Waals surface area contributed by atoms with E-state index in [1.165, 1.54) is 180 Å². The van der Waals surface area contributed by atoms with Crippen molar-refractivity contribution in [3.05, 3.63) is 0 Å². The first-order valence-electron chi connectivity index (χ1n) is 15.8. The molecule has 0 saturated carbocycles. The molecule has 0 aromatic carbocycles. The van der Waals surface area contributed by atoms with Crippen molar-refractivity contribution in [1.29, 1.82) is 0 Å². The fourth-order valence-corrected chi connectivity index (χ4v) is 4.54. The number of rotatable bonds is 26. The van der Waals surface area contributed by atoms with Crippen LogP contribution in [0.15, 0.2) is 0 Å². The Bertz CT molecular complexity index is 237. The first kappa shape index (κ1) is 43.2. The molecule has 2 heteroatoms. The van der Waals surface area contributed by atoms with Gasteiger partial charge in [0.05, 0.1) is 0 Å². The molecule has 0 heterocycles. The first-order valence-corrected chi connectivity index (χ1v) is 15.8. The number of unbranched alkanes of at least 4 members (excludes halogenated alkanes) is 26. The van der Waals surface area contributed by atoms with E-state index >= 15 is 0 Å². The van der Waals surface area contributed by atoms with Crippen LogP contribution in [0.25, 0.3) is 0 Å². The van der Waals surface area contributed by atoms with E-state index in [-0.39, 0.29) is 71.6 Å². The monoisotopic (exact) mass is 527 g/mol. The molecule has 0 radical (unpaired) electrons. The molecule has 208 valence electrons. The molecule has 0 saturated heterocycles. The van der Waals surface area contributed by atoms with Gasteiger partial charge in [-0.25, -0.2) is 0 Å². The third-order valence-electron chi connectivity index (χ3n) is 6.91. The summed E-state index contributed by atoms with van der Waals surface area (Å²) in [6, 6.07) is 0. The molecule has 0 aliphatic rings. The summed E-state index contributed by atoms with van der Waals surface area (Å²) >= 11 is 0. The van der Waals surface area contributed by atoms with E-state index in [2.05, 4.69) is 27.7 Å². The minimum absolute atomic E-state index is 0. The van der Waals surface area contributed by atoms with Gasteiger partial charge in [0, 0.05) is 2.85 Å². The second-order valence-electron chi connectivity index (χ2n) is 10.5. The van der Waals surface area contributed by atoms with E-state index < -0.39 is 0 Å². The van der Waals surface area contributed by atoms with Crippen LogP contribution in [0.3, 0.4) is 0 Å². The van der Waals surface area contributed by atoms with Gasteiger partial charge in [-0.15, -0.1) is 0 Å². The van der Waals surface area contributed by atoms with Gasteiger partial charge < -0.3 is 0 Å². The molecular formula is C32H76AlK. The van der Waals surface area contributed by atoms with E-state index in [1.807, 2.05) is 0 Å². The van der Waals surface area contributed by atoms with Crippen LogP contribution >= 0.6 is 0 Å². The van der Waals surface area contributed by atoms with Gasteiger partial charge in [-0.05, 0) is 0 Å². The Morgan fingerprint density at radius 3 is 0.412 bits per heavy atom. The third-order valence-corrected chi connectivity index (χ3v) is 6.91. The molecule has 0 aliphatic carbocycles. The van der Waals surface area contributed by atoms with Crippen molar-refractivity contribution < 1.29 is 2.85 Å². The second-order valence-corrected chi connectivity index (χ2v) is 10.5. The summed E-state index contributed by atoms with van der Waals surface area (Å²) in [5.74, 6) is 0. The van der Waals surface area contributed by atoms with Crippen LogP contribution in [0, 0.1) is 0 Å². The van der Waals surface area contributed by atoms with Crippen LogP contribution in [0.1, 0.15) is 210 Å². The van der Waals surface area contributed by atoms with Crippen molar-refractivity contribution in [3.8, 4) is 0 Å². The van der Waals surface area contributed by atoms with Gasteiger partial charge in [-0.3, -0.25) is 0 Å². The molecule has 0 amide bonds. The molecule has 34 heavy (non-hydrogen) atoms. The predicted molar refractivity (Wildman–Crippen MR) is 173 cm³/mol. The standard InChI is InChI=1S/2C16H34.Al.K.2H2.4H/c2*1-3-5-7-9-11-13-15-16-14-12-10-8-6-4-2;;;;;;;;/h2*3-16H2,1-2H3;;;2*1H;;;;. The first-order chi connectivity index (χ1) is 15.8. The zero-order valence-corrected chi connectivity index (χ0v) is 23.8. The number of hydrogen-bond acceptors (Lipinski definition) is 0. The van der Waals surface area contributed by atoms with Crippen molar-refractivity contribution >= 4 is 68.7 Å². The van der Waals surface area contributed by atoms with Crippen LogP contribution in [0.4, 0.5) is 0 Å². The summed E-state index contributed by atoms with van der Waals surface area (Å²) in [6.07, 6.45) is 40.8. The van der Waals surface area contributed by atoms with Crippen molar-refractivity contribution in [2.24, 2.45) is 0 Å². The topological polar surface area (TPSA) is 0 Å². The summed E-state index contributed by atoms with van der Waals surface area (Å²) in [5, 5.41) is 0. The summed E-state index contributed by atoms with van der Waals surface area (Å²) in [4.78, 5) is 0. The van der Waals surface area contributed by atoms with Gasteiger partial charge in [0.25, 0.3) is 0 Å². The molecule has 0 aromatic rings. The predicted octanol–water partition coefficient (Wildman–Crippen LogP) is 11.6. The van der Waals surface area contributed by atoms with E-state index in [9.17, 15) is 0 Å². The summed E-state index contributed by atoms with van der Waals surface area (Å²) in [5.41, 5.74) is 0. The molecule has 0 aliphatic heterocycles. The summed E-state index contributed by atoms with van der Waals surface area (Å²) in [7, 11) is 0. The van der Waals surface area contributed by atoms with Gasteiger partial charge >= 0.3 is 51.4 Å². The molecule has 0 unspecified atom stereocenters. The SMILES string of the molecule is CCCCCCCCCCCCCCCC.CCCCCCCCCCCCCCCC.[AlH3].[HH].[HH].[KH]. The van der Waals surface area contributed by atoms with E-state index in [0.29, 0.717) is 0 Å². The van der Waals surface area contributed by atoms with E-state index in [1.54, 1.807) is 0 Å². The Hall–Kier alpha value is 2.17. The maximum absolute atomic E-state index is 2.29. The summed E-state index contributed by atoms with van der Waals surface area (Å²) < 4.78 is 0. The minimum atomic E-state index is 0. The maximum atomic E-state index is 2.29. The molecule has 0 fully saturated rings. The van der Waals surface area contributed by atoms with Crippen LogP contribution in [-0.2, 0) is 0 Å². The molecule has 0 rings (SSSR count). The van der Waals surface area contributed by atoms with Crippen LogP contribution in [0.5, 0.6) is 0 Å². The van der Waals surface area contributed by atoms with Crippen molar-refractivity contribution in [2.45, 2.75) is 207 Å². The van der Waals surface area contributed by atoms with Gasteiger partial charge in [0.2, 0.25) is 0 Å². The molecule has 0 atom stereocenters. The van der Waals surface area contributed by atoms with Crippen LogP contribution in [-0.4, -0.2) is 68.7 Å². The van der Waals surface area contributed by atoms with Crippen molar-refractivity contribution in [2.75, 3.05) is 0 Å². The van der Waals surface area contributed by atoms with Crippen LogP contribution in [0.2, 0.25) is 0 Å². The molecule has 0 N–H and O–H groups in total. The fraction of sp³-hybridized carbons (Fsp3) is 1.00. The van der Waals surface area contributed by atoms with Crippen LogP contribution < -0.4 is 0 Å². The average Bonchev–Trinajstić information content (AvgIpc) is 2.81. The van der Waals surface area contributed by atoms with E-state index in [0.717, 1.165) is 0 Å². The molecule has 0 nitrogen and oxygen atoms in total. The Morgan fingerprint density at radius 1 is 0.235 bits per heavy atom. The van der Waals surface area contributed by atoms with Gasteiger partial charge in [0.1, 0.15) is 0 Å². The van der Waals surface area contributed by atoms with Crippen molar-refractivity contribution in [1.82, 2.24) is 0 Å². The van der Waals surface area contributed by atoms with Crippen molar-refractivity contribution in [3.63, 3.8) is 0 Å². The van der Waals surface area contributed by atoms with Gasteiger partial charge in [-0.2, -0.15) is 0 Å². The summed E-state index contributed by atoms with van der Waals surface area (Å²) in [6.45, 7) is 9.16. The molecule has 0 bridgehead atoms. The number of hydrogen-bond donors (Lipinski definition) is 0. The third kappa shape index (κ3) is 47.4. The quantitative estimate of drug-likeness (QED) is 0.0776. The molecular weight excluding hydrogens is 450 g/mol. The fourth-order valence-electron chi connectivity index (χ4n) is 4.54. The molecule has 0 aromatic heterocycles. The van der Waals surface area contributed by atoms with Gasteiger partial charge in [-0.1, -0.05) is 207 Å². The Morgan fingerprint density at radius 2 is 0.324 bits per heavy atom. The Kier molecular flexibility index (Phi) is 57.4. The average molecular weight is 527 g/mol.